The Kier molecular flexibility index (Phi) is 5.10. The van der Waals surface area contributed by atoms with Crippen molar-refractivity contribution in [3.63, 3.8) is 0 Å². The highest BCUT2D eigenvalue weighted by Gasteiger charge is 2.46. The molecule has 3 aliphatic heterocycles. The van der Waals surface area contributed by atoms with Crippen LogP contribution in [-0.2, 0) is 19.4 Å². The first kappa shape index (κ1) is 22.8. The monoisotopic (exact) mass is 518 g/mol. The molecule has 3 aromatic heterocycles. The van der Waals surface area contributed by atoms with E-state index >= 15 is 0 Å². The standard InChI is InChI=1S/C30H30N8O/c31-27-20-5-2-1-4-19(20)16-30(27)9-13-37(14-10-30)25-18-33-26-23(36-25)17-34-28(26)38-12-3-6-21-24(38)8-7-22(35-21)29-32-11-15-39-29/h1-2,4-5,7-8,11,15,18,27H,3,6,9-10,12-14,16-17,31H2/t27-/m1/s1. The molecule has 6 heterocycles. The summed E-state index contributed by atoms with van der Waals surface area (Å²) < 4.78 is 5.45. The zero-order chi connectivity index (χ0) is 26.0. The molecule has 1 fully saturated rings. The molecule has 1 aromatic carbocycles. The minimum Gasteiger partial charge on any atom is -0.443 e. The maximum Gasteiger partial charge on any atom is 0.244 e. The minimum absolute atomic E-state index is 0.117. The number of aromatic nitrogens is 4. The fourth-order valence-electron chi connectivity index (χ4n) is 6.93. The van der Waals surface area contributed by atoms with E-state index in [1.54, 1.807) is 12.5 Å². The first-order valence-corrected chi connectivity index (χ1v) is 13.8. The van der Waals surface area contributed by atoms with Gasteiger partial charge in [0, 0.05) is 25.7 Å². The molecule has 9 nitrogen and oxygen atoms in total. The molecule has 1 saturated heterocycles. The quantitative estimate of drug-likeness (QED) is 0.423. The number of aryl methyl sites for hydroxylation is 1. The number of benzene rings is 1. The molecule has 0 bridgehead atoms. The molecule has 1 spiro atoms. The smallest absolute Gasteiger partial charge is 0.244 e. The second kappa shape index (κ2) is 8.71. The third-order valence-electron chi connectivity index (χ3n) is 9.04. The lowest BCUT2D eigenvalue weighted by Gasteiger charge is -2.42. The molecule has 1 aliphatic carbocycles. The van der Waals surface area contributed by atoms with Gasteiger partial charge in [-0.05, 0) is 60.8 Å². The van der Waals surface area contributed by atoms with E-state index in [0.717, 1.165) is 91.9 Å². The summed E-state index contributed by atoms with van der Waals surface area (Å²) in [6, 6.07) is 12.9. The van der Waals surface area contributed by atoms with E-state index in [4.69, 9.17) is 30.1 Å². The predicted molar refractivity (Wildman–Crippen MR) is 149 cm³/mol. The second-order valence-corrected chi connectivity index (χ2v) is 11.1. The van der Waals surface area contributed by atoms with Gasteiger partial charge < -0.3 is 20.0 Å². The van der Waals surface area contributed by atoms with Crippen molar-refractivity contribution < 1.29 is 4.42 Å². The molecule has 0 unspecified atom stereocenters. The normalized spacial score (nSPS) is 21.1. The number of piperidine rings is 1. The maximum atomic E-state index is 6.79. The van der Waals surface area contributed by atoms with E-state index < -0.39 is 0 Å². The molecule has 0 radical (unpaired) electrons. The number of pyridine rings is 1. The van der Waals surface area contributed by atoms with E-state index in [9.17, 15) is 0 Å². The Morgan fingerprint density at radius 3 is 2.72 bits per heavy atom. The number of hydrogen-bond donors (Lipinski definition) is 1. The van der Waals surface area contributed by atoms with Crippen LogP contribution >= 0.6 is 0 Å². The number of fused-ring (bicyclic) bond motifs is 3. The Hall–Kier alpha value is -4.11. The summed E-state index contributed by atoms with van der Waals surface area (Å²) in [6.45, 7) is 3.32. The fraction of sp³-hybridized carbons (Fsp3) is 0.367. The zero-order valence-electron chi connectivity index (χ0n) is 21.8. The third-order valence-corrected chi connectivity index (χ3v) is 9.04. The number of nitrogens with zero attached hydrogens (tertiary/aromatic N) is 7. The molecular formula is C30H30N8O. The van der Waals surface area contributed by atoms with Crippen LogP contribution in [-0.4, -0.2) is 45.4 Å². The number of nitrogens with two attached hydrogens (primary N) is 1. The lowest BCUT2D eigenvalue weighted by molar-refractivity contribution is 0.187. The summed E-state index contributed by atoms with van der Waals surface area (Å²) in [5, 5.41) is 0. The molecule has 8 rings (SSSR count). The van der Waals surface area contributed by atoms with E-state index in [1.807, 2.05) is 12.3 Å². The SMILES string of the molecule is N[C@@H]1c2ccccc2CC12CCN(c1cnc3c(n1)CN=C3N1CCCc3nc(-c4ncco4)ccc31)CC2. The van der Waals surface area contributed by atoms with Gasteiger partial charge in [0.2, 0.25) is 5.89 Å². The van der Waals surface area contributed by atoms with E-state index in [1.165, 1.54) is 11.1 Å². The number of oxazole rings is 1. The molecular weight excluding hydrogens is 488 g/mol. The number of anilines is 2. The Morgan fingerprint density at radius 2 is 1.87 bits per heavy atom. The number of hydrogen-bond acceptors (Lipinski definition) is 9. The average Bonchev–Trinajstić information content (AvgIpc) is 3.72. The van der Waals surface area contributed by atoms with Crippen LogP contribution < -0.4 is 15.5 Å². The van der Waals surface area contributed by atoms with Crippen LogP contribution in [0.15, 0.2) is 64.5 Å². The Labute approximate surface area is 226 Å². The van der Waals surface area contributed by atoms with Crippen molar-refractivity contribution in [3.05, 3.63) is 83.3 Å². The van der Waals surface area contributed by atoms with Crippen molar-refractivity contribution in [2.75, 3.05) is 29.4 Å². The van der Waals surface area contributed by atoms with Gasteiger partial charge in [-0.1, -0.05) is 24.3 Å². The van der Waals surface area contributed by atoms with Crippen LogP contribution in [0.5, 0.6) is 0 Å². The van der Waals surface area contributed by atoms with E-state index in [2.05, 4.69) is 45.1 Å². The third kappa shape index (κ3) is 3.60. The molecule has 9 heteroatoms. The minimum atomic E-state index is 0.117. The fourth-order valence-corrected chi connectivity index (χ4v) is 6.93. The van der Waals surface area contributed by atoms with Gasteiger partial charge in [0.05, 0.1) is 36.0 Å². The van der Waals surface area contributed by atoms with Crippen LogP contribution in [0.3, 0.4) is 0 Å². The lowest BCUT2D eigenvalue weighted by Crippen LogP contribution is -2.44. The highest BCUT2D eigenvalue weighted by molar-refractivity contribution is 6.11. The average molecular weight is 519 g/mol. The second-order valence-electron chi connectivity index (χ2n) is 11.1. The zero-order valence-corrected chi connectivity index (χ0v) is 21.8. The van der Waals surface area contributed by atoms with Crippen LogP contribution in [0.2, 0.25) is 0 Å². The van der Waals surface area contributed by atoms with Crippen molar-refractivity contribution in [3.8, 4) is 11.6 Å². The number of rotatable bonds is 2. The molecule has 39 heavy (non-hydrogen) atoms. The lowest BCUT2D eigenvalue weighted by atomic mass is 9.73. The topological polar surface area (TPSA) is 110 Å². The van der Waals surface area contributed by atoms with E-state index in [-0.39, 0.29) is 11.5 Å². The number of amidine groups is 1. The highest BCUT2D eigenvalue weighted by atomic mass is 16.3. The molecule has 1 atom stereocenters. The molecule has 0 amide bonds. The largest absolute Gasteiger partial charge is 0.443 e. The predicted octanol–water partition coefficient (Wildman–Crippen LogP) is 4.08. The van der Waals surface area contributed by atoms with Gasteiger partial charge in [0.15, 0.2) is 5.84 Å². The molecule has 0 saturated carbocycles. The summed E-state index contributed by atoms with van der Waals surface area (Å²) in [5.74, 6) is 2.38. The summed E-state index contributed by atoms with van der Waals surface area (Å²) in [4.78, 5) is 28.6. The van der Waals surface area contributed by atoms with E-state index in [0.29, 0.717) is 12.4 Å². The van der Waals surface area contributed by atoms with Crippen LogP contribution in [0.4, 0.5) is 11.5 Å². The maximum absolute atomic E-state index is 6.79. The van der Waals surface area contributed by atoms with Crippen LogP contribution in [0.25, 0.3) is 11.6 Å². The van der Waals surface area contributed by atoms with Gasteiger partial charge in [-0.15, -0.1) is 0 Å². The van der Waals surface area contributed by atoms with Crippen molar-refractivity contribution in [1.82, 2.24) is 19.9 Å². The van der Waals surface area contributed by atoms with Crippen molar-refractivity contribution in [1.29, 1.82) is 0 Å². The molecule has 4 aliphatic rings. The van der Waals surface area contributed by atoms with Crippen molar-refractivity contribution in [2.24, 2.45) is 16.1 Å². The Morgan fingerprint density at radius 1 is 0.974 bits per heavy atom. The molecule has 4 aromatic rings. The summed E-state index contributed by atoms with van der Waals surface area (Å²) in [7, 11) is 0. The summed E-state index contributed by atoms with van der Waals surface area (Å²) in [5.41, 5.74) is 14.4. The van der Waals surface area contributed by atoms with Gasteiger partial charge in [-0.2, -0.15) is 0 Å². The van der Waals surface area contributed by atoms with Gasteiger partial charge in [0.25, 0.3) is 0 Å². The van der Waals surface area contributed by atoms with Gasteiger partial charge in [-0.25, -0.2) is 19.9 Å². The Balaban J connectivity index is 1.01. The summed E-state index contributed by atoms with van der Waals surface area (Å²) in [6.07, 6.45) is 10.3. The Bertz CT molecular complexity index is 1590. The highest BCUT2D eigenvalue weighted by Crippen LogP contribution is 2.51. The van der Waals surface area contributed by atoms with Gasteiger partial charge in [-0.3, -0.25) is 4.99 Å². The first-order valence-electron chi connectivity index (χ1n) is 13.8. The molecule has 2 N–H and O–H groups in total. The number of aliphatic imine (C=N–C) groups is 1. The molecule has 196 valence electrons. The first-order chi connectivity index (χ1) is 19.2. The summed E-state index contributed by atoms with van der Waals surface area (Å²) >= 11 is 0. The van der Waals surface area contributed by atoms with Crippen LogP contribution in [0.1, 0.15) is 53.5 Å². The van der Waals surface area contributed by atoms with Crippen LogP contribution in [0, 0.1) is 5.41 Å². The van der Waals surface area contributed by atoms with Crippen molar-refractivity contribution >= 4 is 17.3 Å². The van der Waals surface area contributed by atoms with Crippen molar-refractivity contribution in [2.45, 2.75) is 44.7 Å². The van der Waals surface area contributed by atoms with Gasteiger partial charge >= 0.3 is 0 Å². The van der Waals surface area contributed by atoms with Gasteiger partial charge in [0.1, 0.15) is 23.5 Å².